The monoisotopic (exact) mass is 458 g/mol. The van der Waals surface area contributed by atoms with E-state index in [-0.39, 0.29) is 11.8 Å². The summed E-state index contributed by atoms with van der Waals surface area (Å²) < 4.78 is 5.26. The van der Waals surface area contributed by atoms with Crippen molar-refractivity contribution in [2.45, 2.75) is 26.2 Å². The fourth-order valence-corrected chi connectivity index (χ4v) is 4.02. The van der Waals surface area contributed by atoms with Crippen LogP contribution in [0.4, 0.5) is 11.4 Å². The number of carbonyl (C=O) groups excluding carboxylic acids is 2. The molecule has 0 saturated carbocycles. The first kappa shape index (κ1) is 23.9. The maximum absolute atomic E-state index is 12.6. The number of hydrogen-bond acceptors (Lipinski definition) is 5. The van der Waals surface area contributed by atoms with Crippen molar-refractivity contribution in [3.8, 4) is 5.75 Å². The molecular formula is C24H31ClN4O3. The number of amides is 2. The summed E-state index contributed by atoms with van der Waals surface area (Å²) in [6.45, 7) is 5.34. The van der Waals surface area contributed by atoms with Crippen LogP contribution in [0.5, 0.6) is 5.75 Å². The van der Waals surface area contributed by atoms with Gasteiger partial charge in [-0.3, -0.25) is 9.59 Å². The summed E-state index contributed by atoms with van der Waals surface area (Å²) in [4.78, 5) is 27.1. The Morgan fingerprint density at radius 1 is 1.25 bits per heavy atom. The molecule has 2 aromatic rings. The van der Waals surface area contributed by atoms with Crippen LogP contribution >= 0.6 is 11.6 Å². The van der Waals surface area contributed by atoms with Crippen molar-refractivity contribution < 1.29 is 14.3 Å². The Labute approximate surface area is 194 Å². The number of nitrogens with two attached hydrogens (primary N) is 1. The van der Waals surface area contributed by atoms with Gasteiger partial charge in [-0.05, 0) is 57.0 Å². The van der Waals surface area contributed by atoms with Gasteiger partial charge in [-0.1, -0.05) is 29.3 Å². The van der Waals surface area contributed by atoms with E-state index < -0.39 is 0 Å². The minimum atomic E-state index is -0.227. The minimum Gasteiger partial charge on any atom is -0.496 e. The highest BCUT2D eigenvalue weighted by Crippen LogP contribution is 2.29. The molecule has 0 bridgehead atoms. The van der Waals surface area contributed by atoms with E-state index in [1.54, 1.807) is 6.07 Å². The molecule has 0 aliphatic carbocycles. The number of halogens is 1. The number of anilines is 2. The van der Waals surface area contributed by atoms with Gasteiger partial charge in [0.2, 0.25) is 5.91 Å². The van der Waals surface area contributed by atoms with Crippen molar-refractivity contribution >= 4 is 34.8 Å². The molecule has 1 saturated heterocycles. The number of methoxy groups -OCH3 is 1. The first-order valence-electron chi connectivity index (χ1n) is 10.9. The quantitative estimate of drug-likeness (QED) is 0.498. The fraction of sp³-hybridized carbons (Fsp3) is 0.417. The second-order valence-electron chi connectivity index (χ2n) is 8.26. The highest BCUT2D eigenvalue weighted by atomic mass is 35.5. The lowest BCUT2D eigenvalue weighted by molar-refractivity contribution is -0.116. The number of aryl methyl sites for hydroxylation is 1. The Morgan fingerprint density at radius 3 is 2.72 bits per heavy atom. The fourth-order valence-electron chi connectivity index (χ4n) is 3.85. The molecule has 7 nitrogen and oxygen atoms in total. The van der Waals surface area contributed by atoms with Gasteiger partial charge < -0.3 is 26.0 Å². The molecule has 2 amide bonds. The Kier molecular flexibility index (Phi) is 8.36. The van der Waals surface area contributed by atoms with Crippen LogP contribution in [0.25, 0.3) is 0 Å². The van der Waals surface area contributed by atoms with Gasteiger partial charge in [0.05, 0.1) is 23.4 Å². The molecule has 0 spiro atoms. The first-order valence-corrected chi connectivity index (χ1v) is 11.2. The molecule has 4 N–H and O–H groups in total. The molecule has 1 fully saturated rings. The normalized spacial score (nSPS) is 16.0. The van der Waals surface area contributed by atoms with Crippen LogP contribution in [-0.2, 0) is 4.79 Å². The number of rotatable bonds is 9. The molecule has 1 atom stereocenters. The van der Waals surface area contributed by atoms with Gasteiger partial charge in [0, 0.05) is 31.3 Å². The highest BCUT2D eigenvalue weighted by Gasteiger charge is 2.23. The maximum Gasteiger partial charge on any atom is 0.255 e. The van der Waals surface area contributed by atoms with E-state index >= 15 is 0 Å². The largest absolute Gasteiger partial charge is 0.496 e. The predicted octanol–water partition coefficient (Wildman–Crippen LogP) is 3.71. The second kappa shape index (κ2) is 11.2. The van der Waals surface area contributed by atoms with Gasteiger partial charge in [-0.25, -0.2) is 0 Å². The van der Waals surface area contributed by atoms with Crippen molar-refractivity contribution in [3.05, 3.63) is 52.5 Å². The molecule has 2 aromatic carbocycles. The number of benzene rings is 2. The molecule has 0 aromatic heterocycles. The zero-order valence-corrected chi connectivity index (χ0v) is 19.4. The van der Waals surface area contributed by atoms with E-state index in [9.17, 15) is 9.59 Å². The van der Waals surface area contributed by atoms with Gasteiger partial charge in [-0.15, -0.1) is 0 Å². The van der Waals surface area contributed by atoms with Crippen LogP contribution in [0.3, 0.4) is 0 Å². The van der Waals surface area contributed by atoms with E-state index in [0.29, 0.717) is 40.9 Å². The smallest absolute Gasteiger partial charge is 0.255 e. The summed E-state index contributed by atoms with van der Waals surface area (Å²) >= 11 is 6.06. The third-order valence-corrected chi connectivity index (χ3v) is 6.03. The summed E-state index contributed by atoms with van der Waals surface area (Å²) in [6, 6.07) is 10.9. The molecule has 1 aliphatic rings. The molecule has 1 heterocycles. The molecule has 32 heavy (non-hydrogen) atoms. The van der Waals surface area contributed by atoms with Gasteiger partial charge >= 0.3 is 0 Å². The van der Waals surface area contributed by atoms with Crippen LogP contribution in [0, 0.1) is 12.8 Å². The Hall–Kier alpha value is -2.77. The van der Waals surface area contributed by atoms with Crippen LogP contribution < -0.4 is 21.1 Å². The van der Waals surface area contributed by atoms with Crippen molar-refractivity contribution in [3.63, 3.8) is 0 Å². The molecule has 172 valence electrons. The Balaban J connectivity index is 1.37. The predicted molar refractivity (Wildman–Crippen MR) is 128 cm³/mol. The first-order chi connectivity index (χ1) is 15.4. The van der Waals surface area contributed by atoms with Crippen LogP contribution in [0.2, 0.25) is 5.02 Å². The van der Waals surface area contributed by atoms with Gasteiger partial charge in [-0.2, -0.15) is 0 Å². The lowest BCUT2D eigenvalue weighted by atomic mass is 10.1. The molecule has 8 heteroatoms. The van der Waals surface area contributed by atoms with Crippen molar-refractivity contribution in [2.24, 2.45) is 5.92 Å². The van der Waals surface area contributed by atoms with E-state index in [0.717, 1.165) is 38.2 Å². The van der Waals surface area contributed by atoms with Crippen molar-refractivity contribution in [2.75, 3.05) is 44.3 Å². The number of hydrogen-bond donors (Lipinski definition) is 3. The zero-order chi connectivity index (χ0) is 23.1. The SMILES string of the molecule is COc1cc(N)c(Cl)cc1C(=O)NCC1CCN(CCCC(=O)Nc2ccc(C)cc2)C1. The highest BCUT2D eigenvalue weighted by molar-refractivity contribution is 6.33. The van der Waals surface area contributed by atoms with E-state index in [1.165, 1.54) is 18.7 Å². The number of carbonyl (C=O) groups is 2. The molecule has 1 aliphatic heterocycles. The topological polar surface area (TPSA) is 96.7 Å². The van der Waals surface area contributed by atoms with Crippen molar-refractivity contribution in [1.82, 2.24) is 10.2 Å². The van der Waals surface area contributed by atoms with E-state index in [4.69, 9.17) is 22.1 Å². The summed E-state index contributed by atoms with van der Waals surface area (Å²) in [5.41, 5.74) is 8.53. The van der Waals surface area contributed by atoms with Crippen LogP contribution in [-0.4, -0.2) is 50.0 Å². The van der Waals surface area contributed by atoms with Gasteiger partial charge in [0.25, 0.3) is 5.91 Å². The number of ether oxygens (including phenoxy) is 1. The second-order valence-corrected chi connectivity index (χ2v) is 8.66. The third-order valence-electron chi connectivity index (χ3n) is 5.70. The zero-order valence-electron chi connectivity index (χ0n) is 18.6. The summed E-state index contributed by atoms with van der Waals surface area (Å²) in [7, 11) is 1.50. The van der Waals surface area contributed by atoms with Gasteiger partial charge in [0.1, 0.15) is 5.75 Å². The average Bonchev–Trinajstić information content (AvgIpc) is 3.23. The Morgan fingerprint density at radius 2 is 2.00 bits per heavy atom. The van der Waals surface area contributed by atoms with Crippen molar-refractivity contribution in [1.29, 1.82) is 0 Å². The van der Waals surface area contributed by atoms with E-state index in [2.05, 4.69) is 15.5 Å². The summed E-state index contributed by atoms with van der Waals surface area (Å²) in [5.74, 6) is 0.583. The lowest BCUT2D eigenvalue weighted by Gasteiger charge is -2.17. The number of nitrogen functional groups attached to an aromatic ring is 1. The Bertz CT molecular complexity index is 949. The van der Waals surface area contributed by atoms with Crippen LogP contribution in [0.1, 0.15) is 35.2 Å². The maximum atomic E-state index is 12.6. The summed E-state index contributed by atoms with van der Waals surface area (Å²) in [5, 5.41) is 6.24. The van der Waals surface area contributed by atoms with Gasteiger partial charge in [0.15, 0.2) is 0 Å². The number of likely N-dealkylation sites (tertiary alicyclic amines) is 1. The third kappa shape index (κ3) is 6.61. The average molecular weight is 459 g/mol. The standard InChI is InChI=1S/C24H31ClN4O3/c1-16-5-7-18(8-6-16)28-23(30)4-3-10-29-11-9-17(15-29)14-27-24(31)19-12-20(25)21(26)13-22(19)32-2/h5-8,12-13,17H,3-4,9-11,14-15,26H2,1-2H3,(H,27,31)(H,28,30). The minimum absolute atomic E-state index is 0.0352. The lowest BCUT2D eigenvalue weighted by Crippen LogP contribution is -2.31. The number of nitrogens with zero attached hydrogens (tertiary/aromatic N) is 1. The molecule has 1 unspecified atom stereocenters. The molecular weight excluding hydrogens is 428 g/mol. The summed E-state index contributed by atoms with van der Waals surface area (Å²) in [6.07, 6.45) is 2.30. The molecule has 3 rings (SSSR count). The van der Waals surface area contributed by atoms with E-state index in [1.807, 2.05) is 31.2 Å². The van der Waals surface area contributed by atoms with Crippen LogP contribution in [0.15, 0.2) is 36.4 Å². The molecule has 0 radical (unpaired) electrons. The number of nitrogens with one attached hydrogen (secondary N) is 2.